The standard InChI is InChI=1S/C23H24N6O2S/c1-13-20(22-28-17-11-24-8-7-19(17)32-22)21(27-16-9-14(12-30)10-18(16)31)29-23(25-13)26-15-5-3-2-4-6-15/h2-8,11,14,16,18,30-31H,9-10,12H2,1H3,(H2,25,26,27,29)/t14-,16+,18+/m0/s1. The number of aromatic nitrogens is 4. The highest BCUT2D eigenvalue weighted by molar-refractivity contribution is 7.21. The summed E-state index contributed by atoms with van der Waals surface area (Å²) in [6.07, 6.45) is 4.18. The monoisotopic (exact) mass is 448 g/mol. The topological polar surface area (TPSA) is 116 Å². The molecular formula is C23H24N6O2S. The minimum atomic E-state index is -0.555. The Bertz CT molecular complexity index is 1200. The van der Waals surface area contributed by atoms with Crippen molar-refractivity contribution in [2.75, 3.05) is 17.2 Å². The predicted molar refractivity (Wildman–Crippen MR) is 126 cm³/mol. The van der Waals surface area contributed by atoms with Crippen molar-refractivity contribution >= 4 is 39.0 Å². The molecule has 8 nitrogen and oxygen atoms in total. The van der Waals surface area contributed by atoms with Gasteiger partial charge in [0.25, 0.3) is 0 Å². The number of benzene rings is 1. The van der Waals surface area contributed by atoms with Gasteiger partial charge in [-0.1, -0.05) is 18.2 Å². The predicted octanol–water partition coefficient (Wildman–Crippen LogP) is 3.74. The summed E-state index contributed by atoms with van der Waals surface area (Å²) in [5.74, 6) is 1.16. The number of rotatable bonds is 6. The van der Waals surface area contributed by atoms with Gasteiger partial charge >= 0.3 is 0 Å². The van der Waals surface area contributed by atoms with Crippen LogP contribution in [-0.2, 0) is 0 Å². The van der Waals surface area contributed by atoms with Crippen LogP contribution in [-0.4, -0.2) is 48.9 Å². The van der Waals surface area contributed by atoms with Crippen LogP contribution in [0.2, 0.25) is 0 Å². The summed E-state index contributed by atoms with van der Waals surface area (Å²) in [5.41, 5.74) is 3.30. The fourth-order valence-corrected chi connectivity index (χ4v) is 5.16. The number of nitrogens with zero attached hydrogens (tertiary/aromatic N) is 4. The molecule has 0 radical (unpaired) electrons. The van der Waals surface area contributed by atoms with Crippen LogP contribution in [0, 0.1) is 12.8 Å². The summed E-state index contributed by atoms with van der Waals surface area (Å²) in [6.45, 7) is 2.00. The molecule has 32 heavy (non-hydrogen) atoms. The van der Waals surface area contributed by atoms with Gasteiger partial charge in [0.05, 0.1) is 34.3 Å². The molecule has 0 saturated heterocycles. The summed E-state index contributed by atoms with van der Waals surface area (Å²) in [4.78, 5) is 18.4. The third-order valence-electron chi connectivity index (χ3n) is 5.73. The van der Waals surface area contributed by atoms with Crippen molar-refractivity contribution in [1.29, 1.82) is 0 Å². The number of anilines is 3. The third kappa shape index (κ3) is 4.14. The minimum absolute atomic E-state index is 0.0661. The summed E-state index contributed by atoms with van der Waals surface area (Å²) in [6, 6.07) is 11.5. The molecule has 3 heterocycles. The number of aliphatic hydroxyl groups excluding tert-OH is 2. The largest absolute Gasteiger partial charge is 0.396 e. The highest BCUT2D eigenvalue weighted by Crippen LogP contribution is 2.38. The average molecular weight is 449 g/mol. The van der Waals surface area contributed by atoms with Crippen LogP contribution < -0.4 is 10.6 Å². The van der Waals surface area contributed by atoms with Crippen molar-refractivity contribution in [3.63, 3.8) is 0 Å². The first kappa shape index (κ1) is 20.7. The molecule has 3 aromatic heterocycles. The van der Waals surface area contributed by atoms with Gasteiger partial charge in [0, 0.05) is 18.5 Å². The molecule has 3 atom stereocenters. The molecule has 1 aliphatic rings. The van der Waals surface area contributed by atoms with E-state index in [2.05, 4.69) is 20.6 Å². The molecule has 164 valence electrons. The first-order valence-corrected chi connectivity index (χ1v) is 11.4. The van der Waals surface area contributed by atoms with E-state index in [1.807, 2.05) is 43.3 Å². The minimum Gasteiger partial charge on any atom is -0.396 e. The van der Waals surface area contributed by atoms with E-state index in [4.69, 9.17) is 9.97 Å². The highest BCUT2D eigenvalue weighted by Gasteiger charge is 2.33. The Balaban J connectivity index is 1.56. The zero-order valence-electron chi connectivity index (χ0n) is 17.6. The fraction of sp³-hybridized carbons (Fsp3) is 0.304. The Hall–Kier alpha value is -3.14. The van der Waals surface area contributed by atoms with Crippen LogP contribution >= 0.6 is 11.3 Å². The molecule has 4 N–H and O–H groups in total. The van der Waals surface area contributed by atoms with Crippen LogP contribution in [0.3, 0.4) is 0 Å². The van der Waals surface area contributed by atoms with Gasteiger partial charge < -0.3 is 20.8 Å². The lowest BCUT2D eigenvalue weighted by atomic mass is 10.1. The lowest BCUT2D eigenvalue weighted by molar-refractivity contribution is 0.157. The summed E-state index contributed by atoms with van der Waals surface area (Å²) in [5, 5.41) is 27.6. The smallest absolute Gasteiger partial charge is 0.229 e. The van der Waals surface area contributed by atoms with Gasteiger partial charge in [-0.15, -0.1) is 11.3 Å². The molecule has 5 rings (SSSR count). The molecule has 1 fully saturated rings. The molecule has 0 spiro atoms. The lowest BCUT2D eigenvalue weighted by Crippen LogP contribution is -2.29. The second kappa shape index (κ2) is 8.78. The maximum absolute atomic E-state index is 10.5. The van der Waals surface area contributed by atoms with Crippen LogP contribution in [0.5, 0.6) is 0 Å². The van der Waals surface area contributed by atoms with Gasteiger partial charge in [-0.3, -0.25) is 4.98 Å². The Morgan fingerprint density at radius 3 is 2.69 bits per heavy atom. The van der Waals surface area contributed by atoms with E-state index in [0.717, 1.165) is 32.2 Å². The van der Waals surface area contributed by atoms with Gasteiger partial charge in [0.2, 0.25) is 5.95 Å². The first-order chi connectivity index (χ1) is 15.6. The van der Waals surface area contributed by atoms with Crippen molar-refractivity contribution in [1.82, 2.24) is 19.9 Å². The summed E-state index contributed by atoms with van der Waals surface area (Å²) < 4.78 is 1.04. The fourth-order valence-electron chi connectivity index (χ4n) is 4.12. The zero-order chi connectivity index (χ0) is 22.1. The van der Waals surface area contributed by atoms with E-state index in [9.17, 15) is 10.2 Å². The van der Waals surface area contributed by atoms with Gasteiger partial charge in [-0.05, 0) is 43.9 Å². The van der Waals surface area contributed by atoms with Crippen LogP contribution in [0.25, 0.3) is 20.8 Å². The van der Waals surface area contributed by atoms with Crippen molar-refractivity contribution in [2.45, 2.75) is 31.9 Å². The molecule has 0 aliphatic heterocycles. The molecular weight excluding hydrogens is 424 g/mol. The number of hydrogen-bond donors (Lipinski definition) is 4. The summed E-state index contributed by atoms with van der Waals surface area (Å²) >= 11 is 1.56. The van der Waals surface area contributed by atoms with Crippen molar-refractivity contribution < 1.29 is 10.2 Å². The van der Waals surface area contributed by atoms with E-state index >= 15 is 0 Å². The quantitative estimate of drug-likeness (QED) is 0.352. The maximum atomic E-state index is 10.5. The number of para-hydroxylation sites is 1. The first-order valence-electron chi connectivity index (χ1n) is 10.6. The second-order valence-corrected chi connectivity index (χ2v) is 9.08. The van der Waals surface area contributed by atoms with E-state index in [0.29, 0.717) is 24.6 Å². The van der Waals surface area contributed by atoms with E-state index in [-0.39, 0.29) is 18.6 Å². The summed E-state index contributed by atoms with van der Waals surface area (Å²) in [7, 11) is 0. The van der Waals surface area contributed by atoms with E-state index < -0.39 is 6.10 Å². The molecule has 0 amide bonds. The number of pyridine rings is 1. The van der Waals surface area contributed by atoms with Gasteiger partial charge in [-0.2, -0.15) is 4.98 Å². The number of aliphatic hydroxyl groups is 2. The Kier molecular flexibility index (Phi) is 5.69. The van der Waals surface area contributed by atoms with Crippen LogP contribution in [0.15, 0.2) is 48.8 Å². The molecule has 1 aliphatic carbocycles. The SMILES string of the molecule is Cc1nc(Nc2ccccc2)nc(N[C@@H]2C[C@H](CO)C[C@H]2O)c1-c1nc2cnccc2s1. The van der Waals surface area contributed by atoms with Crippen molar-refractivity contribution in [2.24, 2.45) is 5.92 Å². The van der Waals surface area contributed by atoms with Crippen LogP contribution in [0.4, 0.5) is 17.5 Å². The van der Waals surface area contributed by atoms with Crippen LogP contribution in [0.1, 0.15) is 18.5 Å². The van der Waals surface area contributed by atoms with E-state index in [1.165, 1.54) is 0 Å². The zero-order valence-corrected chi connectivity index (χ0v) is 18.4. The van der Waals surface area contributed by atoms with Crippen molar-refractivity contribution in [3.8, 4) is 10.6 Å². The molecule has 1 aromatic carbocycles. The molecule has 4 aromatic rings. The average Bonchev–Trinajstić information content (AvgIpc) is 3.37. The number of aryl methyl sites for hydroxylation is 1. The number of thiazole rings is 1. The van der Waals surface area contributed by atoms with Gasteiger partial charge in [0.15, 0.2) is 0 Å². The maximum Gasteiger partial charge on any atom is 0.229 e. The number of nitrogens with one attached hydrogen (secondary N) is 2. The van der Waals surface area contributed by atoms with Gasteiger partial charge in [-0.25, -0.2) is 9.97 Å². The number of fused-ring (bicyclic) bond motifs is 1. The number of hydrogen-bond acceptors (Lipinski definition) is 9. The van der Waals surface area contributed by atoms with Crippen molar-refractivity contribution in [3.05, 3.63) is 54.5 Å². The Morgan fingerprint density at radius 1 is 1.09 bits per heavy atom. The second-order valence-electron chi connectivity index (χ2n) is 8.05. The van der Waals surface area contributed by atoms with Gasteiger partial charge in [0.1, 0.15) is 16.3 Å². The molecule has 0 bridgehead atoms. The molecule has 0 unspecified atom stereocenters. The molecule has 1 saturated carbocycles. The lowest BCUT2D eigenvalue weighted by Gasteiger charge is -2.20. The normalized spacial score (nSPS) is 20.5. The Labute approximate surface area is 189 Å². The third-order valence-corrected chi connectivity index (χ3v) is 6.78. The molecule has 9 heteroatoms. The Morgan fingerprint density at radius 2 is 1.94 bits per heavy atom. The van der Waals surface area contributed by atoms with E-state index in [1.54, 1.807) is 23.7 Å². The highest BCUT2D eigenvalue weighted by atomic mass is 32.1.